The molecule has 0 N–H and O–H groups in total. The first kappa shape index (κ1) is 18.2. The minimum Gasteiger partial charge on any atom is -0.381 e. The lowest BCUT2D eigenvalue weighted by atomic mass is 9.94. The third kappa shape index (κ3) is 2.79. The molecule has 11 nitrogen and oxygen atoms in total. The summed E-state index contributed by atoms with van der Waals surface area (Å²) in [5.74, 6) is -2.21. The highest BCUT2D eigenvalue weighted by atomic mass is 16.7. The predicted octanol–water partition coefficient (Wildman–Crippen LogP) is 2.10. The summed E-state index contributed by atoms with van der Waals surface area (Å²) >= 11 is 0. The van der Waals surface area contributed by atoms with Crippen molar-refractivity contribution in [1.29, 1.82) is 0 Å². The molecule has 1 fully saturated rings. The van der Waals surface area contributed by atoms with Crippen molar-refractivity contribution in [2.75, 3.05) is 4.90 Å². The lowest BCUT2D eigenvalue weighted by Crippen LogP contribution is -2.33. The summed E-state index contributed by atoms with van der Waals surface area (Å²) in [6.45, 7) is 1.56. The smallest absolute Gasteiger partial charge is 0.278 e. The lowest BCUT2D eigenvalue weighted by Gasteiger charge is -2.17. The number of oxime groups is 1. The summed E-state index contributed by atoms with van der Waals surface area (Å²) in [7, 11) is 0. The number of nitro groups is 2. The Balaban J connectivity index is 1.67. The van der Waals surface area contributed by atoms with Crippen LogP contribution in [0.2, 0.25) is 0 Å². The van der Waals surface area contributed by atoms with E-state index in [4.69, 9.17) is 4.84 Å². The van der Waals surface area contributed by atoms with E-state index in [1.165, 1.54) is 42.5 Å². The molecule has 2 heterocycles. The summed E-state index contributed by atoms with van der Waals surface area (Å²) in [5, 5.41) is 25.6. The Kier molecular flexibility index (Phi) is 4.07. The van der Waals surface area contributed by atoms with Crippen molar-refractivity contribution >= 4 is 34.6 Å². The molecule has 0 aromatic heterocycles. The summed E-state index contributed by atoms with van der Waals surface area (Å²) < 4.78 is 0. The van der Waals surface area contributed by atoms with Crippen molar-refractivity contribution in [3.05, 3.63) is 73.8 Å². The van der Waals surface area contributed by atoms with Gasteiger partial charge in [-0.1, -0.05) is 5.16 Å². The van der Waals surface area contributed by atoms with E-state index in [1.54, 1.807) is 6.92 Å². The molecule has 0 saturated carbocycles. The fourth-order valence-electron chi connectivity index (χ4n) is 3.41. The Bertz CT molecular complexity index is 1110. The molecule has 11 heteroatoms. The van der Waals surface area contributed by atoms with Gasteiger partial charge in [-0.05, 0) is 30.7 Å². The molecule has 2 unspecified atom stereocenters. The number of carbonyl (C=O) groups is 2. The molecular weight excluding hydrogens is 384 g/mol. The number of imide groups is 1. The van der Waals surface area contributed by atoms with Gasteiger partial charge in [0.05, 0.1) is 15.5 Å². The summed E-state index contributed by atoms with van der Waals surface area (Å²) in [5.41, 5.74) is 0.954. The molecule has 4 rings (SSSR count). The van der Waals surface area contributed by atoms with Gasteiger partial charge in [-0.25, -0.2) is 4.90 Å². The number of hydrogen-bond acceptors (Lipinski definition) is 8. The quantitative estimate of drug-likeness (QED) is 0.437. The maximum absolute atomic E-state index is 13.0. The van der Waals surface area contributed by atoms with E-state index in [0.717, 1.165) is 4.90 Å². The van der Waals surface area contributed by atoms with E-state index in [1.807, 2.05) is 0 Å². The average Bonchev–Trinajstić information content (AvgIpc) is 3.23. The molecule has 29 heavy (non-hydrogen) atoms. The van der Waals surface area contributed by atoms with Crippen LogP contribution in [0.4, 0.5) is 17.1 Å². The zero-order valence-corrected chi connectivity index (χ0v) is 14.8. The molecule has 0 aliphatic carbocycles. The molecule has 1 saturated heterocycles. The monoisotopic (exact) mass is 396 g/mol. The van der Waals surface area contributed by atoms with E-state index in [9.17, 15) is 29.8 Å². The van der Waals surface area contributed by atoms with Crippen molar-refractivity contribution in [2.24, 2.45) is 11.1 Å². The van der Waals surface area contributed by atoms with Gasteiger partial charge in [0, 0.05) is 29.8 Å². The van der Waals surface area contributed by atoms with Gasteiger partial charge < -0.3 is 4.84 Å². The third-order valence-electron chi connectivity index (χ3n) is 4.82. The van der Waals surface area contributed by atoms with Crippen molar-refractivity contribution in [3.63, 3.8) is 0 Å². The van der Waals surface area contributed by atoms with Gasteiger partial charge in [-0.15, -0.1) is 0 Å². The van der Waals surface area contributed by atoms with E-state index < -0.39 is 33.7 Å². The summed E-state index contributed by atoms with van der Waals surface area (Å²) in [6.07, 6.45) is -1.15. The molecule has 0 spiro atoms. The number of anilines is 1. The number of nitro benzene ring substituents is 2. The fraction of sp³-hybridized carbons (Fsp3) is 0.167. The van der Waals surface area contributed by atoms with Gasteiger partial charge >= 0.3 is 0 Å². The Hall–Kier alpha value is -4.15. The van der Waals surface area contributed by atoms with Gasteiger partial charge in [-0.2, -0.15) is 0 Å². The van der Waals surface area contributed by atoms with Crippen molar-refractivity contribution in [2.45, 2.75) is 13.0 Å². The highest BCUT2D eigenvalue weighted by Gasteiger charge is 2.56. The number of aryl methyl sites for hydroxylation is 1. The maximum Gasteiger partial charge on any atom is 0.278 e. The molecule has 2 aliphatic rings. The molecule has 2 amide bonds. The number of benzene rings is 2. The van der Waals surface area contributed by atoms with Crippen LogP contribution in [0.3, 0.4) is 0 Å². The second-order valence-electron chi connectivity index (χ2n) is 6.52. The van der Waals surface area contributed by atoms with Crippen LogP contribution in [0.25, 0.3) is 0 Å². The highest BCUT2D eigenvalue weighted by Crippen LogP contribution is 2.37. The SMILES string of the molecule is Cc1cc([N+](=O)[O-])ccc1N1C(=O)C2ON=C(c3ccc([N+](=O)[O-])cc3)C2C1=O. The first-order valence-corrected chi connectivity index (χ1v) is 8.41. The largest absolute Gasteiger partial charge is 0.381 e. The molecule has 2 aromatic rings. The van der Waals surface area contributed by atoms with Crippen molar-refractivity contribution < 1.29 is 24.3 Å². The standard InChI is InChI=1S/C18H12N4O7/c1-9-8-12(22(27)28)6-7-13(9)20-17(23)14-15(19-29-16(14)18(20)24)10-2-4-11(5-3-10)21(25)26/h2-8,14,16H,1H3. The Labute approximate surface area is 162 Å². The Morgan fingerprint density at radius 3 is 2.17 bits per heavy atom. The minimum absolute atomic E-state index is 0.123. The Morgan fingerprint density at radius 1 is 0.966 bits per heavy atom. The lowest BCUT2D eigenvalue weighted by molar-refractivity contribution is -0.385. The summed E-state index contributed by atoms with van der Waals surface area (Å²) in [4.78, 5) is 52.5. The predicted molar refractivity (Wildman–Crippen MR) is 98.3 cm³/mol. The van der Waals surface area contributed by atoms with Crippen LogP contribution >= 0.6 is 0 Å². The van der Waals surface area contributed by atoms with Crippen LogP contribution < -0.4 is 4.90 Å². The second kappa shape index (κ2) is 6.48. The number of fused-ring (bicyclic) bond motifs is 1. The van der Waals surface area contributed by atoms with Gasteiger partial charge in [0.25, 0.3) is 17.3 Å². The van der Waals surface area contributed by atoms with E-state index >= 15 is 0 Å². The van der Waals surface area contributed by atoms with Crippen LogP contribution in [-0.4, -0.2) is 33.5 Å². The molecule has 2 atom stereocenters. The number of nitrogens with zero attached hydrogens (tertiary/aromatic N) is 4. The molecule has 2 aromatic carbocycles. The Morgan fingerprint density at radius 2 is 1.59 bits per heavy atom. The van der Waals surface area contributed by atoms with E-state index in [2.05, 4.69) is 5.16 Å². The maximum atomic E-state index is 13.0. The number of rotatable bonds is 4. The van der Waals surface area contributed by atoms with Gasteiger partial charge in [0.1, 0.15) is 11.6 Å². The zero-order chi connectivity index (χ0) is 20.9. The fourth-order valence-corrected chi connectivity index (χ4v) is 3.41. The van der Waals surface area contributed by atoms with Crippen LogP contribution in [0.5, 0.6) is 0 Å². The highest BCUT2D eigenvalue weighted by molar-refractivity contribution is 6.32. The third-order valence-corrected chi connectivity index (χ3v) is 4.82. The van der Waals surface area contributed by atoms with E-state index in [0.29, 0.717) is 11.1 Å². The van der Waals surface area contributed by atoms with Crippen LogP contribution in [0, 0.1) is 33.1 Å². The van der Waals surface area contributed by atoms with Crippen LogP contribution in [0.1, 0.15) is 11.1 Å². The van der Waals surface area contributed by atoms with Gasteiger partial charge in [0.2, 0.25) is 12.0 Å². The number of non-ortho nitro benzene ring substituents is 2. The second-order valence-corrected chi connectivity index (χ2v) is 6.52. The summed E-state index contributed by atoms with van der Waals surface area (Å²) in [6, 6.07) is 9.22. The molecule has 0 bridgehead atoms. The van der Waals surface area contributed by atoms with Crippen LogP contribution in [-0.2, 0) is 14.4 Å². The zero-order valence-electron chi connectivity index (χ0n) is 14.8. The molecule has 146 valence electrons. The van der Waals surface area contributed by atoms with Crippen molar-refractivity contribution in [3.8, 4) is 0 Å². The van der Waals surface area contributed by atoms with Crippen LogP contribution in [0.15, 0.2) is 47.6 Å². The van der Waals surface area contributed by atoms with Crippen molar-refractivity contribution in [1.82, 2.24) is 0 Å². The minimum atomic E-state index is -1.15. The average molecular weight is 396 g/mol. The number of amides is 2. The molecular formula is C18H12N4O7. The first-order chi connectivity index (χ1) is 13.8. The normalized spacial score (nSPS) is 20.3. The first-order valence-electron chi connectivity index (χ1n) is 8.41. The molecule has 2 aliphatic heterocycles. The van der Waals surface area contributed by atoms with E-state index in [-0.39, 0.29) is 22.8 Å². The van der Waals surface area contributed by atoms with Gasteiger partial charge in [-0.3, -0.25) is 29.8 Å². The topological polar surface area (TPSA) is 145 Å². The van der Waals surface area contributed by atoms with Gasteiger partial charge in [0.15, 0.2) is 0 Å². The number of carbonyl (C=O) groups excluding carboxylic acids is 2. The number of hydrogen-bond donors (Lipinski definition) is 0. The molecule has 0 radical (unpaired) electrons.